The third-order valence-electron chi connectivity index (χ3n) is 3.19. The first-order valence-electron chi connectivity index (χ1n) is 6.13. The van der Waals surface area contributed by atoms with Gasteiger partial charge >= 0.3 is 0 Å². The average molecular weight is 339 g/mol. The lowest BCUT2D eigenvalue weighted by Crippen LogP contribution is -2.23. The Balaban J connectivity index is 2.78. The van der Waals surface area contributed by atoms with Crippen LogP contribution in [0.2, 0.25) is 0 Å². The van der Waals surface area contributed by atoms with Gasteiger partial charge in [-0.1, -0.05) is 39.0 Å². The van der Waals surface area contributed by atoms with Crippen molar-refractivity contribution in [1.82, 2.24) is 4.98 Å². The lowest BCUT2D eigenvalue weighted by Gasteiger charge is -2.26. The topological polar surface area (TPSA) is 76.1 Å². The number of aryl methyl sites for hydroxylation is 1. The number of amides is 1. The highest BCUT2D eigenvalue weighted by molar-refractivity contribution is 8.15. The first-order valence-corrected chi connectivity index (χ1v) is 9.26. The van der Waals surface area contributed by atoms with Crippen LogP contribution in [-0.4, -0.2) is 19.3 Å². The van der Waals surface area contributed by atoms with Crippen LogP contribution in [0, 0.1) is 18.3 Å². The third-order valence-corrected chi connectivity index (χ3v) is 6.44. The number of hydrogen-bond donors (Lipinski definition) is 1. The lowest BCUT2D eigenvalue weighted by atomic mass is 9.80. The van der Waals surface area contributed by atoms with Crippen LogP contribution < -0.4 is 5.32 Å². The molecule has 0 aliphatic carbocycles. The SMILES string of the molecule is Cc1nc(NC(=O)CC(C)C(C)(C)C)sc1S(=O)(=O)Cl. The highest BCUT2D eigenvalue weighted by Gasteiger charge is 2.24. The van der Waals surface area contributed by atoms with Crippen LogP contribution in [0.15, 0.2) is 4.21 Å². The molecule has 0 aliphatic rings. The number of nitrogens with zero attached hydrogens (tertiary/aromatic N) is 1. The number of hydrogen-bond acceptors (Lipinski definition) is 5. The Bertz CT molecular complexity index is 603. The molecule has 20 heavy (non-hydrogen) atoms. The second-order valence-corrected chi connectivity index (χ2v) is 9.61. The number of aromatic nitrogens is 1. The van der Waals surface area contributed by atoms with E-state index in [9.17, 15) is 13.2 Å². The standard InChI is InChI=1S/C12H19ClN2O3S2/c1-7(12(3,4)5)6-9(16)15-11-14-8(2)10(19-11)20(13,17)18/h7H,6H2,1-5H3,(H,14,15,16). The molecule has 1 N–H and O–H groups in total. The van der Waals surface area contributed by atoms with Gasteiger partial charge < -0.3 is 5.32 Å². The maximum Gasteiger partial charge on any atom is 0.272 e. The maximum absolute atomic E-state index is 11.9. The number of thiazole rings is 1. The molecule has 114 valence electrons. The van der Waals surface area contributed by atoms with Gasteiger partial charge in [0, 0.05) is 17.1 Å². The molecule has 1 rings (SSSR count). The van der Waals surface area contributed by atoms with Crippen molar-refractivity contribution in [3.05, 3.63) is 5.69 Å². The monoisotopic (exact) mass is 338 g/mol. The number of carbonyl (C=O) groups is 1. The van der Waals surface area contributed by atoms with Crippen molar-refractivity contribution >= 4 is 42.1 Å². The quantitative estimate of drug-likeness (QED) is 0.854. The summed E-state index contributed by atoms with van der Waals surface area (Å²) in [6.45, 7) is 9.74. The average Bonchev–Trinajstić information content (AvgIpc) is 2.56. The molecule has 0 aliphatic heterocycles. The van der Waals surface area contributed by atoms with E-state index < -0.39 is 9.05 Å². The van der Waals surface area contributed by atoms with Gasteiger partial charge in [0.25, 0.3) is 9.05 Å². The van der Waals surface area contributed by atoms with E-state index in [0.717, 1.165) is 11.3 Å². The van der Waals surface area contributed by atoms with Gasteiger partial charge in [0.15, 0.2) is 9.34 Å². The lowest BCUT2D eigenvalue weighted by molar-refractivity contribution is -0.117. The summed E-state index contributed by atoms with van der Waals surface area (Å²) in [7, 11) is 1.47. The molecule has 8 heteroatoms. The van der Waals surface area contributed by atoms with Gasteiger partial charge in [-0.3, -0.25) is 4.79 Å². The van der Waals surface area contributed by atoms with Crippen molar-refractivity contribution in [2.75, 3.05) is 5.32 Å². The van der Waals surface area contributed by atoms with Crippen LogP contribution in [0.5, 0.6) is 0 Å². The van der Waals surface area contributed by atoms with Gasteiger partial charge in [-0.2, -0.15) is 0 Å². The molecule has 1 aromatic heterocycles. The molecule has 0 spiro atoms. The van der Waals surface area contributed by atoms with Gasteiger partial charge in [-0.25, -0.2) is 13.4 Å². The predicted octanol–water partition coefficient (Wildman–Crippen LogP) is 3.39. The fourth-order valence-electron chi connectivity index (χ4n) is 1.42. The van der Waals surface area contributed by atoms with Crippen molar-refractivity contribution < 1.29 is 13.2 Å². The van der Waals surface area contributed by atoms with Crippen molar-refractivity contribution in [1.29, 1.82) is 0 Å². The van der Waals surface area contributed by atoms with Crippen LogP contribution in [-0.2, 0) is 13.8 Å². The number of carbonyl (C=O) groups excluding carboxylic acids is 1. The second-order valence-electron chi connectivity index (χ2n) is 5.85. The van der Waals surface area contributed by atoms with E-state index in [0.29, 0.717) is 12.1 Å². The zero-order valence-electron chi connectivity index (χ0n) is 12.2. The number of halogens is 1. The largest absolute Gasteiger partial charge is 0.302 e. The highest BCUT2D eigenvalue weighted by atomic mass is 35.7. The number of nitrogens with one attached hydrogen (secondary N) is 1. The summed E-state index contributed by atoms with van der Waals surface area (Å²) >= 11 is 0.866. The molecule has 0 fully saturated rings. The summed E-state index contributed by atoms with van der Waals surface area (Å²) in [5.74, 6) is 0.0134. The summed E-state index contributed by atoms with van der Waals surface area (Å²) < 4.78 is 22.5. The van der Waals surface area contributed by atoms with E-state index in [-0.39, 0.29) is 26.6 Å². The van der Waals surface area contributed by atoms with E-state index >= 15 is 0 Å². The van der Waals surface area contributed by atoms with Crippen LogP contribution >= 0.6 is 22.0 Å². The van der Waals surface area contributed by atoms with Crippen molar-refractivity contribution in [3.8, 4) is 0 Å². The smallest absolute Gasteiger partial charge is 0.272 e. The summed E-state index contributed by atoms with van der Waals surface area (Å²) in [6, 6.07) is 0. The van der Waals surface area contributed by atoms with E-state index in [4.69, 9.17) is 10.7 Å². The number of rotatable bonds is 4. The molecule has 1 atom stereocenters. The van der Waals surface area contributed by atoms with Gasteiger partial charge in [0.05, 0.1) is 5.69 Å². The van der Waals surface area contributed by atoms with Crippen molar-refractivity contribution in [2.24, 2.45) is 11.3 Å². The van der Waals surface area contributed by atoms with Gasteiger partial charge in [-0.05, 0) is 18.3 Å². The Morgan fingerprint density at radius 3 is 2.40 bits per heavy atom. The first kappa shape index (κ1) is 17.4. The molecular formula is C12H19ClN2O3S2. The summed E-state index contributed by atoms with van der Waals surface area (Å²) in [5.41, 5.74) is 0.324. The van der Waals surface area contributed by atoms with Crippen LogP contribution in [0.25, 0.3) is 0 Å². The van der Waals surface area contributed by atoms with Crippen LogP contribution in [0.3, 0.4) is 0 Å². The Labute approximate surface area is 128 Å². The predicted molar refractivity (Wildman–Crippen MR) is 81.8 cm³/mol. The Hall–Kier alpha value is -0.660. The van der Waals surface area contributed by atoms with Gasteiger partial charge in [-0.15, -0.1) is 0 Å². The fraction of sp³-hybridized carbons (Fsp3) is 0.667. The summed E-state index contributed by atoms with van der Waals surface area (Å²) in [4.78, 5) is 15.9. The molecule has 0 bridgehead atoms. The minimum Gasteiger partial charge on any atom is -0.302 e. The van der Waals surface area contributed by atoms with Gasteiger partial charge in [0.1, 0.15) is 0 Å². The maximum atomic E-state index is 11.9. The summed E-state index contributed by atoms with van der Waals surface area (Å²) in [5, 5.41) is 2.88. The minimum absolute atomic E-state index is 0.0285. The molecule has 0 radical (unpaired) electrons. The normalized spacial score (nSPS) is 14.1. The zero-order valence-corrected chi connectivity index (χ0v) is 14.5. The third kappa shape index (κ3) is 4.71. The molecule has 0 saturated heterocycles. The fourth-order valence-corrected chi connectivity index (χ4v) is 3.78. The molecule has 1 aromatic rings. The molecule has 1 heterocycles. The Morgan fingerprint density at radius 2 is 2.00 bits per heavy atom. The molecule has 1 amide bonds. The van der Waals surface area contributed by atoms with E-state index in [1.807, 2.05) is 6.92 Å². The van der Waals surface area contributed by atoms with Gasteiger partial charge in [0.2, 0.25) is 5.91 Å². The van der Waals surface area contributed by atoms with Crippen LogP contribution in [0.4, 0.5) is 5.13 Å². The summed E-state index contributed by atoms with van der Waals surface area (Å²) in [6.07, 6.45) is 0.352. The van der Waals surface area contributed by atoms with E-state index in [1.165, 1.54) is 0 Å². The number of anilines is 1. The molecule has 0 aromatic carbocycles. The first-order chi connectivity index (χ1) is 8.91. The Kier molecular flexibility index (Phi) is 5.21. The van der Waals surface area contributed by atoms with Crippen molar-refractivity contribution in [2.45, 2.75) is 45.2 Å². The van der Waals surface area contributed by atoms with E-state index in [2.05, 4.69) is 31.1 Å². The van der Waals surface area contributed by atoms with E-state index in [1.54, 1.807) is 6.92 Å². The minimum atomic E-state index is -3.82. The Morgan fingerprint density at radius 1 is 1.45 bits per heavy atom. The molecule has 1 unspecified atom stereocenters. The zero-order chi connectivity index (χ0) is 15.7. The highest BCUT2D eigenvalue weighted by Crippen LogP contribution is 2.31. The molecule has 0 saturated carbocycles. The molecular weight excluding hydrogens is 320 g/mol. The van der Waals surface area contributed by atoms with Crippen molar-refractivity contribution in [3.63, 3.8) is 0 Å². The second kappa shape index (κ2) is 5.99. The van der Waals surface area contributed by atoms with Crippen LogP contribution in [0.1, 0.15) is 39.8 Å². The molecule has 5 nitrogen and oxygen atoms in total.